The summed E-state index contributed by atoms with van der Waals surface area (Å²) in [6, 6.07) is 1.81. The Labute approximate surface area is 108 Å². The maximum absolute atomic E-state index is 5.54. The number of nitrogens with one attached hydrogen (secondary N) is 1. The molecule has 1 aliphatic rings. The Balaban J connectivity index is 1.67. The molecule has 0 aliphatic heterocycles. The SMILES string of the molecule is CC(C)Oc1cc(NCCOCC2CC2)ncn1. The zero-order chi connectivity index (χ0) is 12.8. The Morgan fingerprint density at radius 3 is 2.94 bits per heavy atom. The minimum absolute atomic E-state index is 0.120. The number of aromatic nitrogens is 2. The van der Waals surface area contributed by atoms with E-state index >= 15 is 0 Å². The molecule has 1 saturated carbocycles. The minimum atomic E-state index is 0.120. The molecule has 0 bridgehead atoms. The smallest absolute Gasteiger partial charge is 0.218 e. The molecular weight excluding hydrogens is 230 g/mol. The van der Waals surface area contributed by atoms with Gasteiger partial charge in [-0.25, -0.2) is 9.97 Å². The van der Waals surface area contributed by atoms with Crippen molar-refractivity contribution in [2.75, 3.05) is 25.1 Å². The second-order valence-corrected chi connectivity index (χ2v) is 4.85. The number of rotatable bonds is 8. The highest BCUT2D eigenvalue weighted by Crippen LogP contribution is 2.28. The number of ether oxygens (including phenoxy) is 2. The van der Waals surface area contributed by atoms with Crippen molar-refractivity contribution >= 4 is 5.82 Å². The van der Waals surface area contributed by atoms with Crippen molar-refractivity contribution in [3.63, 3.8) is 0 Å². The highest BCUT2D eigenvalue weighted by atomic mass is 16.5. The van der Waals surface area contributed by atoms with Crippen LogP contribution in [0.3, 0.4) is 0 Å². The van der Waals surface area contributed by atoms with Gasteiger partial charge in [0.15, 0.2) is 0 Å². The lowest BCUT2D eigenvalue weighted by molar-refractivity contribution is 0.134. The predicted molar refractivity (Wildman–Crippen MR) is 69.8 cm³/mol. The summed E-state index contributed by atoms with van der Waals surface area (Å²) >= 11 is 0. The van der Waals surface area contributed by atoms with Crippen molar-refractivity contribution in [3.8, 4) is 5.88 Å². The third kappa shape index (κ3) is 4.87. The van der Waals surface area contributed by atoms with E-state index in [2.05, 4.69) is 15.3 Å². The maximum atomic E-state index is 5.54. The van der Waals surface area contributed by atoms with Gasteiger partial charge in [-0.1, -0.05) is 0 Å². The van der Waals surface area contributed by atoms with Gasteiger partial charge in [-0.2, -0.15) is 0 Å². The van der Waals surface area contributed by atoms with Crippen molar-refractivity contribution in [1.82, 2.24) is 9.97 Å². The van der Waals surface area contributed by atoms with Gasteiger partial charge < -0.3 is 14.8 Å². The highest BCUT2D eigenvalue weighted by Gasteiger charge is 2.20. The second kappa shape index (κ2) is 6.54. The molecule has 1 aliphatic carbocycles. The largest absolute Gasteiger partial charge is 0.475 e. The van der Waals surface area contributed by atoms with Crippen LogP contribution in [0, 0.1) is 5.92 Å². The van der Waals surface area contributed by atoms with Crippen LogP contribution in [-0.4, -0.2) is 35.8 Å². The van der Waals surface area contributed by atoms with Gasteiger partial charge in [-0.3, -0.25) is 0 Å². The van der Waals surface area contributed by atoms with Crippen LogP contribution in [-0.2, 0) is 4.74 Å². The fourth-order valence-electron chi connectivity index (χ4n) is 1.53. The molecule has 5 nitrogen and oxygen atoms in total. The molecule has 1 fully saturated rings. The second-order valence-electron chi connectivity index (χ2n) is 4.85. The molecule has 0 unspecified atom stereocenters. The molecule has 0 radical (unpaired) electrons. The first kappa shape index (κ1) is 13.1. The molecule has 1 aromatic rings. The van der Waals surface area contributed by atoms with Gasteiger partial charge in [-0.05, 0) is 32.6 Å². The molecule has 0 amide bonds. The first-order chi connectivity index (χ1) is 8.74. The van der Waals surface area contributed by atoms with Gasteiger partial charge in [0, 0.05) is 19.2 Å². The Morgan fingerprint density at radius 2 is 2.22 bits per heavy atom. The zero-order valence-corrected chi connectivity index (χ0v) is 11.1. The van der Waals surface area contributed by atoms with Crippen LogP contribution in [0.4, 0.5) is 5.82 Å². The third-order valence-electron chi connectivity index (χ3n) is 2.60. The lowest BCUT2D eigenvalue weighted by Gasteiger charge is -2.10. The van der Waals surface area contributed by atoms with E-state index in [1.807, 2.05) is 13.8 Å². The summed E-state index contributed by atoms with van der Waals surface area (Å²) < 4.78 is 11.0. The van der Waals surface area contributed by atoms with Crippen LogP contribution in [0.1, 0.15) is 26.7 Å². The van der Waals surface area contributed by atoms with E-state index < -0.39 is 0 Å². The first-order valence-electron chi connectivity index (χ1n) is 6.54. The van der Waals surface area contributed by atoms with Gasteiger partial charge in [0.25, 0.3) is 0 Å². The molecule has 0 atom stereocenters. The van der Waals surface area contributed by atoms with Gasteiger partial charge in [0.2, 0.25) is 5.88 Å². The number of anilines is 1. The molecule has 1 N–H and O–H groups in total. The van der Waals surface area contributed by atoms with Crippen LogP contribution in [0.15, 0.2) is 12.4 Å². The van der Waals surface area contributed by atoms with E-state index in [0.29, 0.717) is 12.5 Å². The Morgan fingerprint density at radius 1 is 1.39 bits per heavy atom. The molecular formula is C13H21N3O2. The van der Waals surface area contributed by atoms with Crippen molar-refractivity contribution in [3.05, 3.63) is 12.4 Å². The Hall–Kier alpha value is -1.36. The normalized spacial score (nSPS) is 14.8. The van der Waals surface area contributed by atoms with Gasteiger partial charge >= 0.3 is 0 Å². The molecule has 0 saturated heterocycles. The Kier molecular flexibility index (Phi) is 4.75. The van der Waals surface area contributed by atoms with E-state index in [1.165, 1.54) is 19.2 Å². The van der Waals surface area contributed by atoms with Crippen molar-refractivity contribution in [1.29, 1.82) is 0 Å². The van der Waals surface area contributed by atoms with E-state index in [9.17, 15) is 0 Å². The van der Waals surface area contributed by atoms with E-state index in [-0.39, 0.29) is 6.10 Å². The van der Waals surface area contributed by atoms with Crippen molar-refractivity contribution in [2.45, 2.75) is 32.8 Å². The zero-order valence-electron chi connectivity index (χ0n) is 11.1. The lowest BCUT2D eigenvalue weighted by atomic mass is 10.4. The van der Waals surface area contributed by atoms with Gasteiger partial charge in [0.1, 0.15) is 12.1 Å². The summed E-state index contributed by atoms with van der Waals surface area (Å²) in [6.07, 6.45) is 4.28. The highest BCUT2D eigenvalue weighted by molar-refractivity contribution is 5.36. The predicted octanol–water partition coefficient (Wildman–Crippen LogP) is 2.10. The van der Waals surface area contributed by atoms with Crippen molar-refractivity contribution < 1.29 is 9.47 Å². The Bertz CT molecular complexity index is 367. The standard InChI is InChI=1S/C13H21N3O2/c1-10(2)18-13-7-12(15-9-16-13)14-5-6-17-8-11-3-4-11/h7,9-11H,3-6,8H2,1-2H3,(H,14,15,16). The first-order valence-corrected chi connectivity index (χ1v) is 6.54. The van der Waals surface area contributed by atoms with Crippen LogP contribution in [0.25, 0.3) is 0 Å². The van der Waals surface area contributed by atoms with E-state index in [4.69, 9.17) is 9.47 Å². The van der Waals surface area contributed by atoms with Crippen LogP contribution in [0.2, 0.25) is 0 Å². The van der Waals surface area contributed by atoms with Crippen LogP contribution in [0.5, 0.6) is 5.88 Å². The molecule has 1 aromatic heterocycles. The molecule has 1 heterocycles. The summed E-state index contributed by atoms with van der Waals surface area (Å²) in [5, 5.41) is 3.20. The minimum Gasteiger partial charge on any atom is -0.475 e. The maximum Gasteiger partial charge on any atom is 0.218 e. The number of hydrogen-bond donors (Lipinski definition) is 1. The third-order valence-corrected chi connectivity index (χ3v) is 2.60. The summed E-state index contributed by atoms with van der Waals surface area (Å²) in [7, 11) is 0. The van der Waals surface area contributed by atoms with Crippen LogP contribution < -0.4 is 10.1 Å². The summed E-state index contributed by atoms with van der Waals surface area (Å²) in [5.41, 5.74) is 0. The van der Waals surface area contributed by atoms with Gasteiger partial charge in [0.05, 0.1) is 12.7 Å². The number of nitrogens with zero attached hydrogens (tertiary/aromatic N) is 2. The topological polar surface area (TPSA) is 56.3 Å². The fourth-order valence-corrected chi connectivity index (χ4v) is 1.53. The average Bonchev–Trinajstić information content (AvgIpc) is 3.12. The summed E-state index contributed by atoms with van der Waals surface area (Å²) in [5.74, 6) is 2.19. The lowest BCUT2D eigenvalue weighted by Crippen LogP contribution is -2.12. The monoisotopic (exact) mass is 251 g/mol. The summed E-state index contributed by atoms with van der Waals surface area (Å²) in [4.78, 5) is 8.18. The quantitative estimate of drug-likeness (QED) is 0.717. The molecule has 100 valence electrons. The average molecular weight is 251 g/mol. The molecule has 18 heavy (non-hydrogen) atoms. The molecule has 0 aromatic carbocycles. The van der Waals surface area contributed by atoms with Crippen molar-refractivity contribution in [2.24, 2.45) is 5.92 Å². The fraction of sp³-hybridized carbons (Fsp3) is 0.692. The molecule has 2 rings (SSSR count). The molecule has 0 spiro atoms. The van der Waals surface area contributed by atoms with E-state index in [1.54, 1.807) is 6.07 Å². The molecule has 5 heteroatoms. The van der Waals surface area contributed by atoms with Gasteiger partial charge in [-0.15, -0.1) is 0 Å². The van der Waals surface area contributed by atoms with Crippen LogP contribution >= 0.6 is 0 Å². The van der Waals surface area contributed by atoms with E-state index in [0.717, 1.165) is 24.9 Å². The number of hydrogen-bond acceptors (Lipinski definition) is 5. The summed E-state index contributed by atoms with van der Waals surface area (Å²) in [6.45, 7) is 6.31.